The van der Waals surface area contributed by atoms with Gasteiger partial charge in [-0.2, -0.15) is 0 Å². The molecule has 0 radical (unpaired) electrons. The number of aliphatic hydroxyl groups is 1. The van der Waals surface area contributed by atoms with Gasteiger partial charge in [-0.3, -0.25) is 14.5 Å². The largest absolute Gasteiger partial charge is 0.482 e. The van der Waals surface area contributed by atoms with E-state index < -0.39 is 5.97 Å². The molecule has 6 nitrogen and oxygen atoms in total. The lowest BCUT2D eigenvalue weighted by molar-refractivity contribution is -0.142. The number of rotatable bonds is 4. The van der Waals surface area contributed by atoms with E-state index >= 15 is 0 Å². The molecule has 0 spiro atoms. The van der Waals surface area contributed by atoms with Crippen molar-refractivity contribution in [3.63, 3.8) is 0 Å². The zero-order valence-corrected chi connectivity index (χ0v) is 10.6. The Balaban J connectivity index is 2.25. The predicted molar refractivity (Wildman–Crippen MR) is 66.8 cm³/mol. The quantitative estimate of drug-likeness (QED) is 0.801. The second-order valence-corrected chi connectivity index (χ2v) is 4.03. The van der Waals surface area contributed by atoms with E-state index in [1.807, 2.05) is 0 Å². The number of amides is 1. The van der Waals surface area contributed by atoms with E-state index in [2.05, 4.69) is 0 Å². The molecule has 1 amide bonds. The van der Waals surface area contributed by atoms with Crippen LogP contribution in [-0.4, -0.2) is 36.7 Å². The summed E-state index contributed by atoms with van der Waals surface area (Å²) in [5.74, 6) is -0.275. The number of esters is 1. The molecule has 1 aliphatic rings. The number of hydrogen-bond acceptors (Lipinski definition) is 5. The van der Waals surface area contributed by atoms with Crippen LogP contribution in [0.5, 0.6) is 5.75 Å². The molecule has 2 rings (SSSR count). The number of ether oxygens (including phenoxy) is 2. The van der Waals surface area contributed by atoms with E-state index in [9.17, 15) is 9.59 Å². The second-order valence-electron chi connectivity index (χ2n) is 4.03. The molecule has 0 saturated carbocycles. The summed E-state index contributed by atoms with van der Waals surface area (Å²) in [6, 6.07) is 4.98. The minimum atomic E-state index is -0.463. The average molecular weight is 265 g/mol. The summed E-state index contributed by atoms with van der Waals surface area (Å²) in [6.45, 7) is 1.61. The molecule has 1 aliphatic heterocycles. The van der Waals surface area contributed by atoms with Crippen molar-refractivity contribution in [1.29, 1.82) is 0 Å². The molecule has 1 aromatic rings. The van der Waals surface area contributed by atoms with E-state index in [1.165, 1.54) is 4.90 Å². The Morgan fingerprint density at radius 2 is 2.32 bits per heavy atom. The summed E-state index contributed by atoms with van der Waals surface area (Å²) in [5.41, 5.74) is 1.20. The van der Waals surface area contributed by atoms with E-state index in [1.54, 1.807) is 25.1 Å². The smallest absolute Gasteiger partial charge is 0.326 e. The van der Waals surface area contributed by atoms with Gasteiger partial charge in [0, 0.05) is 0 Å². The third-order valence-corrected chi connectivity index (χ3v) is 2.74. The minimum absolute atomic E-state index is 0.109. The summed E-state index contributed by atoms with van der Waals surface area (Å²) in [4.78, 5) is 24.6. The summed E-state index contributed by atoms with van der Waals surface area (Å²) < 4.78 is 10.1. The minimum Gasteiger partial charge on any atom is -0.482 e. The van der Waals surface area contributed by atoms with Crippen molar-refractivity contribution < 1.29 is 24.2 Å². The predicted octanol–water partition coefficient (Wildman–Crippen LogP) is 0.467. The Kier molecular flexibility index (Phi) is 4.01. The molecule has 1 N–H and O–H groups in total. The summed E-state index contributed by atoms with van der Waals surface area (Å²) in [7, 11) is 0. The molecule has 0 aliphatic carbocycles. The van der Waals surface area contributed by atoms with Crippen LogP contribution in [0, 0.1) is 0 Å². The Hall–Kier alpha value is -2.08. The molecular formula is C13H15NO5. The van der Waals surface area contributed by atoms with Gasteiger partial charge in [-0.25, -0.2) is 0 Å². The van der Waals surface area contributed by atoms with Crippen LogP contribution in [-0.2, 0) is 20.9 Å². The van der Waals surface area contributed by atoms with Crippen molar-refractivity contribution in [3.05, 3.63) is 23.8 Å². The number of aliphatic hydroxyl groups excluding tert-OH is 1. The van der Waals surface area contributed by atoms with Crippen molar-refractivity contribution in [2.45, 2.75) is 13.5 Å². The van der Waals surface area contributed by atoms with Gasteiger partial charge in [-0.1, -0.05) is 6.07 Å². The van der Waals surface area contributed by atoms with Gasteiger partial charge in [0.2, 0.25) is 0 Å². The zero-order valence-electron chi connectivity index (χ0n) is 10.6. The van der Waals surface area contributed by atoms with Gasteiger partial charge in [0.1, 0.15) is 12.3 Å². The number of benzene rings is 1. The van der Waals surface area contributed by atoms with Crippen LogP contribution in [0.25, 0.3) is 0 Å². The normalized spacial score (nSPS) is 13.8. The first-order chi connectivity index (χ1) is 9.15. The number of carbonyl (C=O) groups excluding carboxylic acids is 2. The number of nitrogens with zero attached hydrogens (tertiary/aromatic N) is 1. The third-order valence-electron chi connectivity index (χ3n) is 2.74. The Morgan fingerprint density at radius 3 is 3.00 bits per heavy atom. The summed E-state index contributed by atoms with van der Waals surface area (Å²) in [5, 5.41) is 9.06. The van der Waals surface area contributed by atoms with E-state index in [4.69, 9.17) is 14.6 Å². The molecule has 0 unspecified atom stereocenters. The molecule has 0 fully saturated rings. The van der Waals surface area contributed by atoms with Crippen LogP contribution in [0.3, 0.4) is 0 Å². The summed E-state index contributed by atoms with van der Waals surface area (Å²) in [6.07, 6.45) is 0. The molecular weight excluding hydrogens is 250 g/mol. The molecule has 102 valence electrons. The highest BCUT2D eigenvalue weighted by molar-refractivity contribution is 6.01. The molecule has 0 saturated heterocycles. The fraction of sp³-hybridized carbons (Fsp3) is 0.385. The maximum atomic E-state index is 11.8. The van der Waals surface area contributed by atoms with Gasteiger partial charge in [0.25, 0.3) is 5.91 Å². The van der Waals surface area contributed by atoms with E-state index in [0.717, 1.165) is 0 Å². The molecule has 1 heterocycles. The third kappa shape index (κ3) is 2.85. The first-order valence-electron chi connectivity index (χ1n) is 5.98. The Bertz CT molecular complexity index is 500. The van der Waals surface area contributed by atoms with Crippen molar-refractivity contribution in [3.8, 4) is 5.75 Å². The lowest BCUT2D eigenvalue weighted by atomic mass is 10.1. The van der Waals surface area contributed by atoms with Crippen LogP contribution >= 0.6 is 0 Å². The number of fused-ring (bicyclic) bond motifs is 1. The van der Waals surface area contributed by atoms with Crippen LogP contribution < -0.4 is 9.64 Å². The lowest BCUT2D eigenvalue weighted by Gasteiger charge is -2.28. The first kappa shape index (κ1) is 13.4. The number of carbonyl (C=O) groups is 2. The van der Waals surface area contributed by atoms with Crippen molar-refractivity contribution >= 4 is 17.6 Å². The first-order valence-corrected chi connectivity index (χ1v) is 5.98. The topological polar surface area (TPSA) is 76.1 Å². The van der Waals surface area contributed by atoms with E-state index in [0.29, 0.717) is 17.0 Å². The standard InChI is InChI=1S/C13H15NO5/c1-2-18-13(17)6-14-10-4-3-9(7-15)5-11(10)19-8-12(14)16/h3-5,15H,2,6-8H2,1H3. The van der Waals surface area contributed by atoms with Gasteiger partial charge < -0.3 is 14.6 Å². The maximum absolute atomic E-state index is 11.8. The fourth-order valence-corrected chi connectivity index (χ4v) is 1.86. The molecule has 0 bridgehead atoms. The maximum Gasteiger partial charge on any atom is 0.326 e. The van der Waals surface area contributed by atoms with Crippen LogP contribution in [0.15, 0.2) is 18.2 Å². The average Bonchev–Trinajstić information content (AvgIpc) is 2.41. The van der Waals surface area contributed by atoms with Crippen LogP contribution in [0.1, 0.15) is 12.5 Å². The van der Waals surface area contributed by atoms with Crippen molar-refractivity contribution in [1.82, 2.24) is 0 Å². The Morgan fingerprint density at radius 1 is 1.53 bits per heavy atom. The zero-order chi connectivity index (χ0) is 13.8. The molecule has 0 atom stereocenters. The number of hydrogen-bond donors (Lipinski definition) is 1. The second kappa shape index (κ2) is 5.71. The van der Waals surface area contributed by atoms with Gasteiger partial charge in [0.15, 0.2) is 6.61 Å². The van der Waals surface area contributed by atoms with Crippen LogP contribution in [0.2, 0.25) is 0 Å². The monoisotopic (exact) mass is 265 g/mol. The molecule has 19 heavy (non-hydrogen) atoms. The molecule has 0 aromatic heterocycles. The summed E-state index contributed by atoms with van der Waals surface area (Å²) >= 11 is 0. The van der Waals surface area contributed by atoms with Crippen molar-refractivity contribution in [2.24, 2.45) is 0 Å². The highest BCUT2D eigenvalue weighted by atomic mass is 16.5. The number of anilines is 1. The van der Waals surface area contributed by atoms with E-state index in [-0.39, 0.29) is 32.3 Å². The lowest BCUT2D eigenvalue weighted by Crippen LogP contribution is -2.42. The molecule has 1 aromatic carbocycles. The highest BCUT2D eigenvalue weighted by Gasteiger charge is 2.27. The highest BCUT2D eigenvalue weighted by Crippen LogP contribution is 2.32. The van der Waals surface area contributed by atoms with Gasteiger partial charge >= 0.3 is 5.97 Å². The Labute approximate surface area is 110 Å². The van der Waals surface area contributed by atoms with Gasteiger partial charge in [0.05, 0.1) is 18.9 Å². The molecule has 6 heteroatoms. The SMILES string of the molecule is CCOC(=O)CN1C(=O)COc2cc(CO)ccc21. The van der Waals surface area contributed by atoms with Crippen LogP contribution in [0.4, 0.5) is 5.69 Å². The van der Waals surface area contributed by atoms with Gasteiger partial charge in [-0.05, 0) is 24.6 Å². The van der Waals surface area contributed by atoms with Crippen molar-refractivity contribution in [2.75, 3.05) is 24.7 Å². The van der Waals surface area contributed by atoms with Gasteiger partial charge in [-0.15, -0.1) is 0 Å². The fourth-order valence-electron chi connectivity index (χ4n) is 1.86.